The first-order chi connectivity index (χ1) is 8.83. The van der Waals surface area contributed by atoms with Crippen molar-refractivity contribution in [3.63, 3.8) is 0 Å². The summed E-state index contributed by atoms with van der Waals surface area (Å²) in [6.45, 7) is 0. The number of hydrogen-bond donors (Lipinski definition) is 1. The van der Waals surface area contributed by atoms with Crippen molar-refractivity contribution in [2.45, 2.75) is 0 Å². The van der Waals surface area contributed by atoms with E-state index in [4.69, 9.17) is 0 Å². The summed E-state index contributed by atoms with van der Waals surface area (Å²) >= 11 is 0. The summed E-state index contributed by atoms with van der Waals surface area (Å²) < 4.78 is 13.0. The number of nitrogens with one attached hydrogen (secondary N) is 1. The molecular formula is C13H9FN4. The van der Waals surface area contributed by atoms with Crippen LogP contribution in [0.5, 0.6) is 0 Å². The van der Waals surface area contributed by atoms with Crippen LogP contribution in [0.1, 0.15) is 0 Å². The Balaban J connectivity index is 2.05. The van der Waals surface area contributed by atoms with Crippen LogP contribution < -0.4 is 5.32 Å². The van der Waals surface area contributed by atoms with Gasteiger partial charge in [-0.3, -0.25) is 4.98 Å². The largest absolute Gasteiger partial charge is 0.339 e. The number of rotatable bonds is 2. The monoisotopic (exact) mass is 240 g/mol. The van der Waals surface area contributed by atoms with Crippen molar-refractivity contribution >= 4 is 22.4 Å². The average Bonchev–Trinajstić information content (AvgIpc) is 2.39. The maximum atomic E-state index is 13.0. The number of nitrogens with zero attached hydrogens (tertiary/aromatic N) is 3. The molecule has 5 heteroatoms. The molecule has 1 aromatic carbocycles. The van der Waals surface area contributed by atoms with Crippen LogP contribution in [0.4, 0.5) is 15.9 Å². The summed E-state index contributed by atoms with van der Waals surface area (Å²) in [5, 5.41) is 4.01. The minimum absolute atomic E-state index is 0.416. The zero-order valence-electron chi connectivity index (χ0n) is 9.34. The van der Waals surface area contributed by atoms with E-state index in [9.17, 15) is 4.39 Å². The molecule has 18 heavy (non-hydrogen) atoms. The lowest BCUT2D eigenvalue weighted by Gasteiger charge is -2.08. The molecule has 0 aliphatic rings. The first kappa shape index (κ1) is 10.6. The molecule has 0 unspecified atom stereocenters. The highest BCUT2D eigenvalue weighted by Gasteiger charge is 2.03. The van der Waals surface area contributed by atoms with Crippen LogP contribution in [-0.4, -0.2) is 15.0 Å². The molecule has 0 radical (unpaired) electrons. The van der Waals surface area contributed by atoms with Crippen molar-refractivity contribution in [2.75, 3.05) is 5.32 Å². The van der Waals surface area contributed by atoms with Crippen molar-refractivity contribution in [3.05, 3.63) is 54.9 Å². The van der Waals surface area contributed by atoms with E-state index < -0.39 is 5.95 Å². The lowest BCUT2D eigenvalue weighted by atomic mass is 10.2. The fraction of sp³-hybridized carbons (Fsp3) is 0. The average molecular weight is 240 g/mol. The molecular weight excluding hydrogens is 231 g/mol. The van der Waals surface area contributed by atoms with Crippen molar-refractivity contribution in [1.82, 2.24) is 15.0 Å². The van der Waals surface area contributed by atoms with Crippen molar-refractivity contribution in [3.8, 4) is 0 Å². The van der Waals surface area contributed by atoms with Gasteiger partial charge in [0.05, 0.1) is 5.52 Å². The molecule has 4 nitrogen and oxygen atoms in total. The van der Waals surface area contributed by atoms with Gasteiger partial charge in [0.2, 0.25) is 5.95 Å². The SMILES string of the molecule is Fc1cc(Nc2cccc3ncccc23)ncn1. The molecule has 0 aliphatic heterocycles. The van der Waals surface area contributed by atoms with Crippen molar-refractivity contribution in [2.24, 2.45) is 0 Å². The van der Waals surface area contributed by atoms with Gasteiger partial charge in [-0.05, 0) is 24.3 Å². The fourth-order valence-electron chi connectivity index (χ4n) is 1.75. The third-order valence-electron chi connectivity index (χ3n) is 2.54. The van der Waals surface area contributed by atoms with Gasteiger partial charge in [0, 0.05) is 23.3 Å². The number of fused-ring (bicyclic) bond motifs is 1. The first-order valence-electron chi connectivity index (χ1n) is 5.41. The first-order valence-corrected chi connectivity index (χ1v) is 5.41. The Kier molecular flexibility index (Phi) is 2.57. The maximum absolute atomic E-state index is 13.0. The molecule has 0 atom stereocenters. The molecule has 3 rings (SSSR count). The van der Waals surface area contributed by atoms with Crippen LogP contribution in [0, 0.1) is 5.95 Å². The van der Waals surface area contributed by atoms with Crippen LogP contribution >= 0.6 is 0 Å². The van der Waals surface area contributed by atoms with Gasteiger partial charge in [0.15, 0.2) is 0 Å². The summed E-state index contributed by atoms with van der Waals surface area (Å²) in [7, 11) is 0. The van der Waals surface area contributed by atoms with Crippen molar-refractivity contribution < 1.29 is 4.39 Å². The molecule has 0 saturated carbocycles. The second kappa shape index (κ2) is 4.37. The lowest BCUT2D eigenvalue weighted by molar-refractivity contribution is 0.580. The van der Waals surface area contributed by atoms with Gasteiger partial charge in [-0.25, -0.2) is 9.97 Å². The highest BCUT2D eigenvalue weighted by molar-refractivity contribution is 5.92. The highest BCUT2D eigenvalue weighted by atomic mass is 19.1. The summed E-state index contributed by atoms with van der Waals surface area (Å²) in [5.41, 5.74) is 1.70. The molecule has 0 amide bonds. The van der Waals surface area contributed by atoms with E-state index in [1.54, 1.807) is 6.20 Å². The Morgan fingerprint density at radius 2 is 1.94 bits per heavy atom. The van der Waals surface area contributed by atoms with Crippen LogP contribution in [0.2, 0.25) is 0 Å². The molecule has 0 saturated heterocycles. The zero-order chi connectivity index (χ0) is 12.4. The molecule has 0 aliphatic carbocycles. The van der Waals surface area contributed by atoms with Gasteiger partial charge in [-0.15, -0.1) is 0 Å². The van der Waals surface area contributed by atoms with E-state index in [1.807, 2.05) is 30.3 Å². The summed E-state index contributed by atoms with van der Waals surface area (Å²) in [6.07, 6.45) is 2.91. The van der Waals surface area contributed by atoms with Crippen LogP contribution in [0.15, 0.2) is 48.9 Å². The quantitative estimate of drug-likeness (QED) is 0.700. The fourth-order valence-corrected chi connectivity index (χ4v) is 1.75. The summed E-state index contributed by atoms with van der Waals surface area (Å²) in [6, 6.07) is 10.7. The lowest BCUT2D eigenvalue weighted by Crippen LogP contribution is -1.96. The predicted molar refractivity (Wildman–Crippen MR) is 67.0 cm³/mol. The predicted octanol–water partition coefficient (Wildman–Crippen LogP) is 2.91. The van der Waals surface area contributed by atoms with Gasteiger partial charge >= 0.3 is 0 Å². The van der Waals surface area contributed by atoms with E-state index >= 15 is 0 Å². The third-order valence-corrected chi connectivity index (χ3v) is 2.54. The minimum atomic E-state index is -0.564. The summed E-state index contributed by atoms with van der Waals surface area (Å²) in [4.78, 5) is 11.6. The Hall–Kier alpha value is -2.56. The normalized spacial score (nSPS) is 10.5. The Labute approximate surface area is 103 Å². The molecule has 2 heterocycles. The van der Waals surface area contributed by atoms with Crippen LogP contribution in [0.3, 0.4) is 0 Å². The molecule has 0 spiro atoms. The molecule has 88 valence electrons. The highest BCUT2D eigenvalue weighted by Crippen LogP contribution is 2.23. The number of anilines is 2. The van der Waals surface area contributed by atoms with Gasteiger partial charge < -0.3 is 5.32 Å². The second-order valence-electron chi connectivity index (χ2n) is 3.73. The van der Waals surface area contributed by atoms with E-state index in [1.165, 1.54) is 12.4 Å². The second-order valence-corrected chi connectivity index (χ2v) is 3.73. The van der Waals surface area contributed by atoms with Crippen LogP contribution in [0.25, 0.3) is 10.9 Å². The maximum Gasteiger partial charge on any atom is 0.218 e. The van der Waals surface area contributed by atoms with Crippen LogP contribution in [-0.2, 0) is 0 Å². The smallest absolute Gasteiger partial charge is 0.218 e. The number of benzene rings is 1. The van der Waals surface area contributed by atoms with Gasteiger partial charge in [0.1, 0.15) is 12.1 Å². The Bertz CT molecular complexity index is 694. The third kappa shape index (κ3) is 1.98. The zero-order valence-corrected chi connectivity index (χ0v) is 9.34. The van der Waals surface area contributed by atoms with E-state index in [-0.39, 0.29) is 0 Å². The van der Waals surface area contributed by atoms with Gasteiger partial charge in [-0.1, -0.05) is 6.07 Å². The van der Waals surface area contributed by atoms with Gasteiger partial charge in [0.25, 0.3) is 0 Å². The number of aromatic nitrogens is 3. The topological polar surface area (TPSA) is 50.7 Å². The number of hydrogen-bond acceptors (Lipinski definition) is 4. The van der Waals surface area contributed by atoms with E-state index in [0.717, 1.165) is 16.6 Å². The number of pyridine rings is 1. The molecule has 0 fully saturated rings. The molecule has 2 aromatic heterocycles. The summed E-state index contributed by atoms with van der Waals surface area (Å²) in [5.74, 6) is -0.148. The van der Waals surface area contributed by atoms with E-state index in [0.29, 0.717) is 5.82 Å². The Morgan fingerprint density at radius 1 is 1.00 bits per heavy atom. The molecule has 1 N–H and O–H groups in total. The minimum Gasteiger partial charge on any atom is -0.339 e. The molecule has 0 bridgehead atoms. The van der Waals surface area contributed by atoms with Crippen molar-refractivity contribution in [1.29, 1.82) is 0 Å². The van der Waals surface area contributed by atoms with Gasteiger partial charge in [-0.2, -0.15) is 4.39 Å². The molecule has 3 aromatic rings. The number of halogens is 1. The standard InChI is InChI=1S/C13H9FN4/c14-12-7-13(17-8-16-12)18-11-5-1-4-10-9(11)3-2-6-15-10/h1-8H,(H,16,17,18). The van der Waals surface area contributed by atoms with E-state index in [2.05, 4.69) is 20.3 Å². The Morgan fingerprint density at radius 3 is 2.83 bits per heavy atom.